The van der Waals surface area contributed by atoms with E-state index in [9.17, 15) is 0 Å². The van der Waals surface area contributed by atoms with Gasteiger partial charge in [-0.25, -0.2) is 14.6 Å². The third-order valence-corrected chi connectivity index (χ3v) is 4.50. The summed E-state index contributed by atoms with van der Waals surface area (Å²) in [5, 5.41) is 7.58. The van der Waals surface area contributed by atoms with E-state index in [1.165, 1.54) is 0 Å². The molecule has 3 aromatic heterocycles. The van der Waals surface area contributed by atoms with Crippen molar-refractivity contribution in [1.29, 1.82) is 0 Å². The van der Waals surface area contributed by atoms with Gasteiger partial charge in [0.25, 0.3) is 0 Å². The van der Waals surface area contributed by atoms with Crippen molar-refractivity contribution in [3.05, 3.63) is 66.1 Å². The van der Waals surface area contributed by atoms with Crippen molar-refractivity contribution >= 4 is 27.4 Å². The molecular formula is C17H15N5S. The maximum atomic E-state index is 4.44. The third-order valence-electron chi connectivity index (χ3n) is 3.68. The van der Waals surface area contributed by atoms with Crippen LogP contribution in [0.25, 0.3) is 15.9 Å². The Hall–Kier alpha value is -2.73. The lowest BCUT2D eigenvalue weighted by molar-refractivity contribution is 0.875. The van der Waals surface area contributed by atoms with Gasteiger partial charge in [0.15, 0.2) is 0 Å². The Morgan fingerprint density at radius 3 is 2.87 bits per heavy atom. The predicted octanol–water partition coefficient (Wildman–Crippen LogP) is 3.51. The molecule has 3 heterocycles. The van der Waals surface area contributed by atoms with Crippen molar-refractivity contribution in [1.82, 2.24) is 19.7 Å². The normalized spacial score (nSPS) is 11.0. The van der Waals surface area contributed by atoms with Gasteiger partial charge in [-0.15, -0.1) is 11.3 Å². The van der Waals surface area contributed by atoms with Gasteiger partial charge >= 0.3 is 0 Å². The van der Waals surface area contributed by atoms with Crippen LogP contribution in [-0.4, -0.2) is 26.8 Å². The maximum Gasteiger partial charge on any atom is 0.140 e. The molecular weight excluding hydrogens is 306 g/mol. The molecule has 0 spiro atoms. The summed E-state index contributed by atoms with van der Waals surface area (Å²) >= 11 is 1.63. The van der Waals surface area contributed by atoms with Gasteiger partial charge in [-0.2, -0.15) is 5.10 Å². The number of aromatic nitrogens is 4. The molecule has 4 aromatic rings. The van der Waals surface area contributed by atoms with Crippen LogP contribution in [0.5, 0.6) is 0 Å². The van der Waals surface area contributed by atoms with Gasteiger partial charge in [0.1, 0.15) is 17.0 Å². The first-order valence-electron chi connectivity index (χ1n) is 7.29. The van der Waals surface area contributed by atoms with Crippen LogP contribution in [0.4, 0.5) is 5.82 Å². The minimum atomic E-state index is 0.745. The number of benzene rings is 1. The fraction of sp³-hybridized carbons (Fsp3) is 0.118. The second-order valence-corrected chi connectivity index (χ2v) is 6.22. The van der Waals surface area contributed by atoms with E-state index in [2.05, 4.69) is 32.2 Å². The summed E-state index contributed by atoms with van der Waals surface area (Å²) in [6.45, 7) is 0.745. The lowest BCUT2D eigenvalue weighted by atomic mass is 10.3. The lowest BCUT2D eigenvalue weighted by Crippen LogP contribution is -2.17. The zero-order chi connectivity index (χ0) is 15.6. The summed E-state index contributed by atoms with van der Waals surface area (Å²) in [5.74, 6) is 0.948. The standard InChI is InChI=1S/C17H15N5S/c1-21(16-15-7-8-23-17(15)19-12-18-16)10-13-9-20-22(11-13)14-5-3-2-4-6-14/h2-9,11-12H,10H2,1H3. The predicted molar refractivity (Wildman–Crippen MR) is 93.1 cm³/mol. The van der Waals surface area contributed by atoms with Gasteiger partial charge in [0.05, 0.1) is 17.3 Å². The fourth-order valence-electron chi connectivity index (χ4n) is 2.59. The topological polar surface area (TPSA) is 46.8 Å². The molecule has 5 nitrogen and oxygen atoms in total. The Bertz CT molecular complexity index is 928. The lowest BCUT2D eigenvalue weighted by Gasteiger charge is -2.17. The molecule has 0 aliphatic heterocycles. The van der Waals surface area contributed by atoms with E-state index in [-0.39, 0.29) is 0 Å². The number of rotatable bonds is 4. The number of nitrogens with zero attached hydrogens (tertiary/aromatic N) is 5. The highest BCUT2D eigenvalue weighted by Crippen LogP contribution is 2.26. The summed E-state index contributed by atoms with van der Waals surface area (Å²) in [6, 6.07) is 12.2. The van der Waals surface area contributed by atoms with Crippen molar-refractivity contribution < 1.29 is 0 Å². The number of para-hydroxylation sites is 1. The third kappa shape index (κ3) is 2.68. The average molecular weight is 321 g/mol. The molecule has 0 bridgehead atoms. The Kier molecular flexibility index (Phi) is 3.51. The first-order valence-corrected chi connectivity index (χ1v) is 8.17. The Morgan fingerprint density at radius 1 is 1.13 bits per heavy atom. The second-order valence-electron chi connectivity index (χ2n) is 5.32. The van der Waals surface area contributed by atoms with Crippen molar-refractivity contribution in [2.75, 3.05) is 11.9 Å². The second kappa shape index (κ2) is 5.81. The maximum absolute atomic E-state index is 4.44. The highest BCUT2D eigenvalue weighted by molar-refractivity contribution is 7.16. The van der Waals surface area contributed by atoms with Gasteiger partial charge in [-0.3, -0.25) is 0 Å². The molecule has 0 atom stereocenters. The summed E-state index contributed by atoms with van der Waals surface area (Å²) in [6.07, 6.45) is 5.57. The molecule has 4 rings (SSSR count). The molecule has 0 radical (unpaired) electrons. The minimum absolute atomic E-state index is 0.745. The highest BCUT2D eigenvalue weighted by atomic mass is 32.1. The molecule has 1 aromatic carbocycles. The van der Waals surface area contributed by atoms with E-state index in [4.69, 9.17) is 0 Å². The van der Waals surface area contributed by atoms with Crippen LogP contribution >= 0.6 is 11.3 Å². The molecule has 0 aliphatic rings. The first kappa shape index (κ1) is 13.9. The summed E-state index contributed by atoms with van der Waals surface area (Å²) in [7, 11) is 2.04. The fourth-order valence-corrected chi connectivity index (χ4v) is 3.32. The Morgan fingerprint density at radius 2 is 2.00 bits per heavy atom. The van der Waals surface area contributed by atoms with Gasteiger partial charge < -0.3 is 4.90 Å². The summed E-state index contributed by atoms with van der Waals surface area (Å²) in [4.78, 5) is 11.9. The van der Waals surface area contributed by atoms with E-state index >= 15 is 0 Å². The quantitative estimate of drug-likeness (QED) is 0.577. The molecule has 0 fully saturated rings. The van der Waals surface area contributed by atoms with Gasteiger partial charge in [0, 0.05) is 25.4 Å². The average Bonchev–Trinajstić information content (AvgIpc) is 3.24. The number of thiophene rings is 1. The van der Waals surface area contributed by atoms with Crippen LogP contribution in [0.2, 0.25) is 0 Å². The van der Waals surface area contributed by atoms with E-state index in [0.717, 1.165) is 33.8 Å². The van der Waals surface area contributed by atoms with Crippen LogP contribution in [0, 0.1) is 0 Å². The first-order chi connectivity index (χ1) is 11.3. The van der Waals surface area contributed by atoms with Crippen LogP contribution < -0.4 is 4.90 Å². The molecule has 0 saturated carbocycles. The number of anilines is 1. The van der Waals surface area contributed by atoms with E-state index in [0.29, 0.717) is 0 Å². The molecule has 23 heavy (non-hydrogen) atoms. The number of hydrogen-bond acceptors (Lipinski definition) is 5. The van der Waals surface area contributed by atoms with Gasteiger partial charge in [0.2, 0.25) is 0 Å². The van der Waals surface area contributed by atoms with E-state index in [1.807, 2.05) is 53.6 Å². The van der Waals surface area contributed by atoms with Crippen molar-refractivity contribution in [2.45, 2.75) is 6.54 Å². The van der Waals surface area contributed by atoms with Crippen molar-refractivity contribution in [3.8, 4) is 5.69 Å². The molecule has 0 N–H and O–H groups in total. The molecule has 0 aliphatic carbocycles. The van der Waals surface area contributed by atoms with Crippen molar-refractivity contribution in [2.24, 2.45) is 0 Å². The zero-order valence-corrected chi connectivity index (χ0v) is 13.4. The van der Waals surface area contributed by atoms with Crippen LogP contribution in [0.15, 0.2) is 60.5 Å². The molecule has 0 saturated heterocycles. The van der Waals surface area contributed by atoms with Crippen LogP contribution in [0.1, 0.15) is 5.56 Å². The summed E-state index contributed by atoms with van der Waals surface area (Å²) in [5.41, 5.74) is 2.20. The zero-order valence-electron chi connectivity index (χ0n) is 12.6. The molecule has 0 unspecified atom stereocenters. The molecule has 114 valence electrons. The summed E-state index contributed by atoms with van der Waals surface area (Å²) < 4.78 is 1.89. The Labute approximate surface area is 137 Å². The SMILES string of the molecule is CN(Cc1cnn(-c2ccccc2)c1)c1ncnc2sccc12. The van der Waals surface area contributed by atoms with E-state index in [1.54, 1.807) is 17.7 Å². The van der Waals surface area contributed by atoms with Crippen LogP contribution in [0.3, 0.4) is 0 Å². The smallest absolute Gasteiger partial charge is 0.140 e. The largest absolute Gasteiger partial charge is 0.355 e. The highest BCUT2D eigenvalue weighted by Gasteiger charge is 2.11. The number of hydrogen-bond donors (Lipinski definition) is 0. The minimum Gasteiger partial charge on any atom is -0.355 e. The monoisotopic (exact) mass is 321 g/mol. The molecule has 6 heteroatoms. The van der Waals surface area contributed by atoms with Gasteiger partial charge in [-0.1, -0.05) is 18.2 Å². The van der Waals surface area contributed by atoms with Crippen molar-refractivity contribution in [3.63, 3.8) is 0 Å². The number of fused-ring (bicyclic) bond motifs is 1. The molecule has 0 amide bonds. The van der Waals surface area contributed by atoms with Crippen LogP contribution in [-0.2, 0) is 6.54 Å². The van der Waals surface area contributed by atoms with E-state index < -0.39 is 0 Å². The van der Waals surface area contributed by atoms with Gasteiger partial charge in [-0.05, 0) is 23.6 Å². The Balaban J connectivity index is 1.59.